The van der Waals surface area contributed by atoms with Crippen LogP contribution in [0.4, 0.5) is 0 Å². The summed E-state index contributed by atoms with van der Waals surface area (Å²) in [6, 6.07) is 7.53. The molecule has 0 aromatic carbocycles. The fourth-order valence-corrected chi connectivity index (χ4v) is 2.34. The van der Waals surface area contributed by atoms with E-state index in [4.69, 9.17) is 5.26 Å². The van der Waals surface area contributed by atoms with Gasteiger partial charge in [-0.2, -0.15) is 5.26 Å². The Morgan fingerprint density at radius 1 is 1.42 bits per heavy atom. The summed E-state index contributed by atoms with van der Waals surface area (Å²) in [4.78, 5) is 17.4. The minimum Gasteiger partial charge on any atom is -0.289 e. The molecule has 0 N–H and O–H groups in total. The van der Waals surface area contributed by atoms with Crippen molar-refractivity contribution in [3.63, 3.8) is 0 Å². The van der Waals surface area contributed by atoms with E-state index >= 15 is 0 Å². The summed E-state index contributed by atoms with van der Waals surface area (Å²) < 4.78 is 0. The number of allylic oxidation sites excluding steroid dienone is 1. The van der Waals surface area contributed by atoms with Crippen LogP contribution >= 0.6 is 11.3 Å². The van der Waals surface area contributed by atoms with Gasteiger partial charge in [0.15, 0.2) is 5.78 Å². The number of aromatic nitrogens is 1. The van der Waals surface area contributed by atoms with Gasteiger partial charge in [-0.15, -0.1) is 11.3 Å². The van der Waals surface area contributed by atoms with Gasteiger partial charge in [-0.3, -0.25) is 9.78 Å². The fraction of sp³-hybridized carbons (Fsp3) is 0.133. The predicted molar refractivity (Wildman–Crippen MR) is 76.1 cm³/mol. The van der Waals surface area contributed by atoms with Crippen molar-refractivity contribution in [3.8, 4) is 6.07 Å². The van der Waals surface area contributed by atoms with E-state index in [0.717, 1.165) is 4.88 Å². The molecule has 0 atom stereocenters. The Bertz CT molecular complexity index is 679. The molecule has 2 aromatic rings. The monoisotopic (exact) mass is 268 g/mol. The zero-order valence-corrected chi connectivity index (χ0v) is 11.5. The van der Waals surface area contributed by atoms with Crippen molar-refractivity contribution in [1.29, 1.82) is 5.26 Å². The van der Waals surface area contributed by atoms with Crippen LogP contribution in [0.3, 0.4) is 0 Å². The van der Waals surface area contributed by atoms with Gasteiger partial charge in [0, 0.05) is 16.1 Å². The van der Waals surface area contributed by atoms with Crippen molar-refractivity contribution in [2.75, 3.05) is 0 Å². The number of nitrogens with zero attached hydrogens (tertiary/aromatic N) is 2. The van der Waals surface area contributed by atoms with Crippen LogP contribution in [0.1, 0.15) is 32.2 Å². The summed E-state index contributed by atoms with van der Waals surface area (Å²) in [6.07, 6.45) is 3.30. The van der Waals surface area contributed by atoms with E-state index < -0.39 is 0 Å². The molecule has 2 rings (SSSR count). The number of hydrogen-bond donors (Lipinski definition) is 0. The number of thiophene rings is 1. The molecule has 0 amide bonds. The van der Waals surface area contributed by atoms with Crippen molar-refractivity contribution in [2.24, 2.45) is 0 Å². The molecule has 0 saturated carbocycles. The molecule has 19 heavy (non-hydrogen) atoms. The molecular weight excluding hydrogens is 256 g/mol. The number of aryl methyl sites for hydroxylation is 2. The number of nitriles is 1. The molecule has 2 heterocycles. The minimum absolute atomic E-state index is 0.130. The largest absolute Gasteiger partial charge is 0.289 e. The SMILES string of the molecule is Cc1nc(C)c(C(=O)C=Cc2cccs2)cc1C#N. The van der Waals surface area contributed by atoms with Gasteiger partial charge in [-0.05, 0) is 43.5 Å². The molecular formula is C15H12N2OS. The average Bonchev–Trinajstić information content (AvgIpc) is 2.89. The zero-order chi connectivity index (χ0) is 13.8. The van der Waals surface area contributed by atoms with Crippen LogP contribution in [-0.4, -0.2) is 10.8 Å². The van der Waals surface area contributed by atoms with Crippen LogP contribution in [0, 0.1) is 25.2 Å². The number of carbonyl (C=O) groups is 1. The Labute approximate surface area is 115 Å². The quantitative estimate of drug-likeness (QED) is 0.632. The maximum absolute atomic E-state index is 12.1. The maximum Gasteiger partial charge on any atom is 0.187 e. The van der Waals surface area contributed by atoms with E-state index in [1.165, 1.54) is 6.08 Å². The normalized spacial score (nSPS) is 10.6. The molecule has 2 aromatic heterocycles. The molecule has 94 valence electrons. The van der Waals surface area contributed by atoms with Gasteiger partial charge in [-0.1, -0.05) is 6.07 Å². The van der Waals surface area contributed by atoms with Crippen LogP contribution in [-0.2, 0) is 0 Å². The third-order valence-corrected chi connectivity index (χ3v) is 3.57. The van der Waals surface area contributed by atoms with E-state index in [-0.39, 0.29) is 5.78 Å². The first-order valence-corrected chi connectivity index (χ1v) is 6.64. The third kappa shape index (κ3) is 2.95. The summed E-state index contributed by atoms with van der Waals surface area (Å²) >= 11 is 1.57. The van der Waals surface area contributed by atoms with E-state index in [0.29, 0.717) is 22.5 Å². The average molecular weight is 268 g/mol. The summed E-state index contributed by atoms with van der Waals surface area (Å²) in [5, 5.41) is 10.9. The van der Waals surface area contributed by atoms with E-state index in [1.807, 2.05) is 17.5 Å². The van der Waals surface area contributed by atoms with Crippen LogP contribution in [0.2, 0.25) is 0 Å². The fourth-order valence-electron chi connectivity index (χ4n) is 1.72. The van der Waals surface area contributed by atoms with Crippen LogP contribution in [0.25, 0.3) is 6.08 Å². The van der Waals surface area contributed by atoms with Crippen LogP contribution in [0.5, 0.6) is 0 Å². The smallest absolute Gasteiger partial charge is 0.187 e. The molecule has 0 saturated heterocycles. The third-order valence-electron chi connectivity index (χ3n) is 2.73. The number of ketones is 1. The molecule has 0 fully saturated rings. The van der Waals surface area contributed by atoms with Gasteiger partial charge < -0.3 is 0 Å². The van der Waals surface area contributed by atoms with E-state index in [2.05, 4.69) is 11.1 Å². The highest BCUT2D eigenvalue weighted by Gasteiger charge is 2.10. The van der Waals surface area contributed by atoms with Crippen molar-refractivity contribution in [1.82, 2.24) is 4.98 Å². The minimum atomic E-state index is -0.130. The lowest BCUT2D eigenvalue weighted by Gasteiger charge is -2.04. The molecule has 4 heteroatoms. The Morgan fingerprint density at radius 3 is 2.84 bits per heavy atom. The second-order valence-electron chi connectivity index (χ2n) is 4.08. The Hall–Kier alpha value is -2.25. The van der Waals surface area contributed by atoms with Gasteiger partial charge in [0.1, 0.15) is 6.07 Å². The van der Waals surface area contributed by atoms with Crippen LogP contribution < -0.4 is 0 Å². The highest BCUT2D eigenvalue weighted by atomic mass is 32.1. The Kier molecular flexibility index (Phi) is 3.88. The highest BCUT2D eigenvalue weighted by molar-refractivity contribution is 7.10. The predicted octanol–water partition coefficient (Wildman–Crippen LogP) is 3.53. The van der Waals surface area contributed by atoms with Gasteiger partial charge in [0.05, 0.1) is 11.3 Å². The first-order valence-electron chi connectivity index (χ1n) is 5.76. The van der Waals surface area contributed by atoms with Gasteiger partial charge in [-0.25, -0.2) is 0 Å². The molecule has 0 aliphatic heterocycles. The number of rotatable bonds is 3. The summed E-state index contributed by atoms with van der Waals surface area (Å²) in [5.41, 5.74) is 2.23. The topological polar surface area (TPSA) is 53.8 Å². The summed E-state index contributed by atoms with van der Waals surface area (Å²) in [5.74, 6) is -0.130. The molecule has 0 radical (unpaired) electrons. The Morgan fingerprint density at radius 2 is 2.21 bits per heavy atom. The van der Waals surface area contributed by atoms with Crippen molar-refractivity contribution >= 4 is 23.2 Å². The zero-order valence-electron chi connectivity index (χ0n) is 10.7. The lowest BCUT2D eigenvalue weighted by Crippen LogP contribution is -2.03. The van der Waals surface area contributed by atoms with Gasteiger partial charge >= 0.3 is 0 Å². The molecule has 0 aliphatic carbocycles. The molecule has 0 unspecified atom stereocenters. The first kappa shape index (κ1) is 13.2. The number of pyridine rings is 1. The van der Waals surface area contributed by atoms with Crippen LogP contribution in [0.15, 0.2) is 29.7 Å². The second-order valence-corrected chi connectivity index (χ2v) is 5.06. The standard InChI is InChI=1S/C15H12N2OS/c1-10-12(9-16)8-14(11(2)17-10)15(18)6-5-13-4-3-7-19-13/h3-8H,1-2H3. The number of carbonyl (C=O) groups excluding carboxylic acids is 1. The molecule has 0 aliphatic rings. The van der Waals surface area contributed by atoms with Gasteiger partial charge in [0.2, 0.25) is 0 Å². The summed E-state index contributed by atoms with van der Waals surface area (Å²) in [6.45, 7) is 3.54. The van der Waals surface area contributed by atoms with Crippen molar-refractivity contribution in [3.05, 3.63) is 57.0 Å². The number of hydrogen-bond acceptors (Lipinski definition) is 4. The summed E-state index contributed by atoms with van der Waals surface area (Å²) in [7, 11) is 0. The van der Waals surface area contributed by atoms with Crippen molar-refractivity contribution in [2.45, 2.75) is 13.8 Å². The Balaban J connectivity index is 2.32. The molecule has 0 bridgehead atoms. The lowest BCUT2D eigenvalue weighted by atomic mass is 10.0. The van der Waals surface area contributed by atoms with E-state index in [1.54, 1.807) is 37.3 Å². The van der Waals surface area contributed by atoms with Gasteiger partial charge in [0.25, 0.3) is 0 Å². The van der Waals surface area contributed by atoms with Crippen molar-refractivity contribution < 1.29 is 4.79 Å². The second kappa shape index (κ2) is 5.59. The van der Waals surface area contributed by atoms with E-state index in [9.17, 15) is 4.79 Å². The molecule has 3 nitrogen and oxygen atoms in total. The lowest BCUT2D eigenvalue weighted by molar-refractivity contribution is 0.104. The first-order chi connectivity index (χ1) is 9.11. The molecule has 0 spiro atoms. The maximum atomic E-state index is 12.1. The highest BCUT2D eigenvalue weighted by Crippen LogP contribution is 2.15.